The zero-order chi connectivity index (χ0) is 13.1. The van der Waals surface area contributed by atoms with Crippen LogP contribution in [0.1, 0.15) is 24.1 Å². The minimum atomic E-state index is 0.512. The van der Waals surface area contributed by atoms with Gasteiger partial charge >= 0.3 is 0 Å². The van der Waals surface area contributed by atoms with Gasteiger partial charge in [0.1, 0.15) is 23.8 Å². The summed E-state index contributed by atoms with van der Waals surface area (Å²) in [5.74, 6) is 2.70. The largest absolute Gasteiger partial charge is 0.383 e. The summed E-state index contributed by atoms with van der Waals surface area (Å²) in [7, 11) is 1.83. The van der Waals surface area contributed by atoms with Crippen molar-refractivity contribution in [2.24, 2.45) is 7.05 Å². The van der Waals surface area contributed by atoms with E-state index in [0.29, 0.717) is 18.2 Å². The van der Waals surface area contributed by atoms with E-state index >= 15 is 0 Å². The van der Waals surface area contributed by atoms with Gasteiger partial charge in [-0.05, 0) is 6.92 Å². The molecule has 0 radical (unpaired) electrons. The van der Waals surface area contributed by atoms with Crippen LogP contribution in [0.15, 0.2) is 6.33 Å². The Morgan fingerprint density at radius 2 is 2.11 bits per heavy atom. The summed E-state index contributed by atoms with van der Waals surface area (Å²) >= 11 is 0. The van der Waals surface area contributed by atoms with Crippen molar-refractivity contribution in [3.05, 3.63) is 23.5 Å². The molecule has 2 aromatic heterocycles. The minimum absolute atomic E-state index is 0.512. The first-order valence-corrected chi connectivity index (χ1v) is 5.81. The lowest BCUT2D eigenvalue weighted by Gasteiger charge is -2.10. The quantitative estimate of drug-likeness (QED) is 0.824. The summed E-state index contributed by atoms with van der Waals surface area (Å²) in [4.78, 5) is 12.8. The van der Waals surface area contributed by atoms with E-state index in [1.807, 2.05) is 20.9 Å². The van der Waals surface area contributed by atoms with Crippen LogP contribution in [-0.4, -0.2) is 24.7 Å². The number of aryl methyl sites for hydroxylation is 2. The topological polar surface area (TPSA) is 94.5 Å². The molecule has 0 fully saturated rings. The Morgan fingerprint density at radius 3 is 2.72 bits per heavy atom. The van der Waals surface area contributed by atoms with E-state index in [9.17, 15) is 0 Å². The van der Waals surface area contributed by atoms with Crippen molar-refractivity contribution in [3.8, 4) is 0 Å². The summed E-state index contributed by atoms with van der Waals surface area (Å²) in [6, 6.07) is 0. The number of anilines is 2. The number of rotatable bonds is 4. The maximum absolute atomic E-state index is 5.84. The van der Waals surface area contributed by atoms with Crippen molar-refractivity contribution in [3.63, 3.8) is 0 Å². The van der Waals surface area contributed by atoms with E-state index < -0.39 is 0 Å². The molecule has 0 saturated heterocycles. The van der Waals surface area contributed by atoms with Crippen LogP contribution < -0.4 is 11.1 Å². The Morgan fingerprint density at radius 1 is 1.33 bits per heavy atom. The van der Waals surface area contributed by atoms with Crippen LogP contribution in [0.2, 0.25) is 0 Å². The molecule has 2 aromatic rings. The second-order valence-electron chi connectivity index (χ2n) is 4.04. The van der Waals surface area contributed by atoms with Crippen LogP contribution in [-0.2, 0) is 20.0 Å². The lowest BCUT2D eigenvalue weighted by atomic mass is 10.3. The van der Waals surface area contributed by atoms with Crippen molar-refractivity contribution in [1.29, 1.82) is 0 Å². The molecule has 0 aliphatic heterocycles. The molecule has 0 amide bonds. The van der Waals surface area contributed by atoms with Gasteiger partial charge in [0.05, 0.1) is 6.54 Å². The van der Waals surface area contributed by atoms with E-state index in [2.05, 4.69) is 25.4 Å². The molecule has 0 aromatic carbocycles. The lowest BCUT2D eigenvalue weighted by Crippen LogP contribution is -2.10. The smallest absolute Gasteiger partial charge is 0.169 e. The second kappa shape index (κ2) is 4.99. The monoisotopic (exact) mass is 247 g/mol. The third-order valence-electron chi connectivity index (χ3n) is 2.61. The Bertz CT molecular complexity index is 546. The van der Waals surface area contributed by atoms with E-state index in [1.165, 1.54) is 0 Å². The van der Waals surface area contributed by atoms with E-state index in [1.54, 1.807) is 11.0 Å². The molecule has 2 rings (SSSR count). The van der Waals surface area contributed by atoms with Gasteiger partial charge in [-0.3, -0.25) is 4.68 Å². The second-order valence-corrected chi connectivity index (χ2v) is 4.04. The number of aromatic nitrogens is 5. The normalized spacial score (nSPS) is 10.6. The molecule has 0 bridgehead atoms. The molecule has 7 heteroatoms. The van der Waals surface area contributed by atoms with Crippen LogP contribution >= 0.6 is 0 Å². The van der Waals surface area contributed by atoms with Gasteiger partial charge < -0.3 is 11.1 Å². The van der Waals surface area contributed by atoms with Gasteiger partial charge in [0, 0.05) is 19.0 Å². The molecule has 0 aliphatic carbocycles. The number of hydrogen-bond acceptors (Lipinski definition) is 6. The highest BCUT2D eigenvalue weighted by Gasteiger charge is 2.08. The standard InChI is InChI=1S/C11H17N7/c1-4-8-15-10(12)7(2)11(16-8)13-5-9-14-6-18(3)17-9/h6H,4-5H2,1-3H3,(H3,12,13,15,16). The molecule has 0 aliphatic rings. The third-order valence-corrected chi connectivity index (χ3v) is 2.61. The molecular formula is C11H17N7. The number of nitrogens with zero attached hydrogens (tertiary/aromatic N) is 5. The van der Waals surface area contributed by atoms with Crippen molar-refractivity contribution in [1.82, 2.24) is 24.7 Å². The molecule has 3 N–H and O–H groups in total. The highest BCUT2D eigenvalue weighted by Crippen LogP contribution is 2.17. The van der Waals surface area contributed by atoms with Crippen LogP contribution in [0.4, 0.5) is 11.6 Å². The maximum Gasteiger partial charge on any atom is 0.169 e. The summed E-state index contributed by atoms with van der Waals surface area (Å²) in [6.07, 6.45) is 2.41. The number of hydrogen-bond donors (Lipinski definition) is 2. The van der Waals surface area contributed by atoms with Gasteiger partial charge in [-0.2, -0.15) is 5.10 Å². The fourth-order valence-corrected chi connectivity index (χ4v) is 1.54. The average molecular weight is 247 g/mol. The van der Waals surface area contributed by atoms with Gasteiger partial charge in [-0.25, -0.2) is 15.0 Å². The first-order valence-electron chi connectivity index (χ1n) is 5.81. The van der Waals surface area contributed by atoms with Crippen molar-refractivity contribution in [2.75, 3.05) is 11.1 Å². The van der Waals surface area contributed by atoms with Crippen molar-refractivity contribution in [2.45, 2.75) is 26.8 Å². The summed E-state index contributed by atoms with van der Waals surface area (Å²) in [5, 5.41) is 7.38. The van der Waals surface area contributed by atoms with Gasteiger partial charge in [-0.1, -0.05) is 6.92 Å². The van der Waals surface area contributed by atoms with Crippen LogP contribution in [0.5, 0.6) is 0 Å². The Labute approximate surface area is 105 Å². The molecule has 2 heterocycles. The van der Waals surface area contributed by atoms with Crippen molar-refractivity contribution >= 4 is 11.6 Å². The molecule has 7 nitrogen and oxygen atoms in total. The SMILES string of the molecule is CCc1nc(N)c(C)c(NCc2ncn(C)n2)n1. The summed E-state index contributed by atoms with van der Waals surface area (Å²) in [6.45, 7) is 4.40. The Hall–Kier alpha value is -2.18. The van der Waals surface area contributed by atoms with Gasteiger partial charge in [-0.15, -0.1) is 0 Å². The van der Waals surface area contributed by atoms with E-state index in [-0.39, 0.29) is 0 Å². The highest BCUT2D eigenvalue weighted by atomic mass is 15.3. The molecule has 0 saturated carbocycles. The van der Waals surface area contributed by atoms with Crippen molar-refractivity contribution < 1.29 is 0 Å². The Kier molecular flexibility index (Phi) is 3.40. The lowest BCUT2D eigenvalue weighted by molar-refractivity contribution is 0.746. The molecule has 96 valence electrons. The zero-order valence-electron chi connectivity index (χ0n) is 10.8. The fourth-order valence-electron chi connectivity index (χ4n) is 1.54. The van der Waals surface area contributed by atoms with Gasteiger partial charge in [0.15, 0.2) is 5.82 Å². The van der Waals surface area contributed by atoms with Gasteiger partial charge in [0.2, 0.25) is 0 Å². The molecule has 0 unspecified atom stereocenters. The average Bonchev–Trinajstić information content (AvgIpc) is 2.77. The predicted molar refractivity (Wildman–Crippen MR) is 68.9 cm³/mol. The first-order chi connectivity index (χ1) is 8.60. The molecule has 18 heavy (non-hydrogen) atoms. The van der Waals surface area contributed by atoms with Gasteiger partial charge in [0.25, 0.3) is 0 Å². The predicted octanol–water partition coefficient (Wildman–Crippen LogP) is 0.670. The summed E-state index contributed by atoms with van der Waals surface area (Å²) < 4.78 is 1.66. The number of nitrogen functional groups attached to an aromatic ring is 1. The third kappa shape index (κ3) is 2.55. The fraction of sp³-hybridized carbons (Fsp3) is 0.455. The zero-order valence-corrected chi connectivity index (χ0v) is 10.8. The molecule has 0 spiro atoms. The van der Waals surface area contributed by atoms with Crippen LogP contribution in [0, 0.1) is 6.92 Å². The maximum atomic E-state index is 5.84. The van der Waals surface area contributed by atoms with E-state index in [4.69, 9.17) is 5.73 Å². The Balaban J connectivity index is 2.15. The molecule has 0 atom stereocenters. The number of nitrogens with two attached hydrogens (primary N) is 1. The first kappa shape index (κ1) is 12.3. The van der Waals surface area contributed by atoms with E-state index in [0.717, 1.165) is 23.6 Å². The number of nitrogens with one attached hydrogen (secondary N) is 1. The molecular weight excluding hydrogens is 230 g/mol. The highest BCUT2D eigenvalue weighted by molar-refractivity contribution is 5.54. The van der Waals surface area contributed by atoms with Crippen LogP contribution in [0.3, 0.4) is 0 Å². The van der Waals surface area contributed by atoms with Crippen LogP contribution in [0.25, 0.3) is 0 Å². The summed E-state index contributed by atoms with van der Waals surface area (Å²) in [5.41, 5.74) is 6.69. The minimum Gasteiger partial charge on any atom is -0.383 e.